The lowest BCUT2D eigenvalue weighted by molar-refractivity contribution is -0.124. The van der Waals surface area contributed by atoms with E-state index in [4.69, 9.17) is 5.73 Å². The summed E-state index contributed by atoms with van der Waals surface area (Å²) >= 11 is 0. The van der Waals surface area contributed by atoms with Gasteiger partial charge in [-0.2, -0.15) is 0 Å². The predicted octanol–water partition coefficient (Wildman–Crippen LogP) is 1.10. The van der Waals surface area contributed by atoms with Crippen molar-refractivity contribution in [2.75, 3.05) is 19.6 Å². The van der Waals surface area contributed by atoms with Crippen molar-refractivity contribution >= 4 is 5.91 Å². The van der Waals surface area contributed by atoms with Crippen LogP contribution in [-0.4, -0.2) is 42.0 Å². The molecule has 3 fully saturated rings. The topological polar surface area (TPSA) is 58.4 Å². The number of primary amides is 1. The first-order valence-electron chi connectivity index (χ1n) is 7.87. The van der Waals surface area contributed by atoms with Crippen LogP contribution in [0.1, 0.15) is 45.4 Å². The van der Waals surface area contributed by atoms with E-state index in [0.717, 1.165) is 24.8 Å². The lowest BCUT2D eigenvalue weighted by atomic mass is 9.96. The van der Waals surface area contributed by atoms with Crippen LogP contribution in [0.15, 0.2) is 0 Å². The van der Waals surface area contributed by atoms with Crippen LogP contribution < -0.4 is 11.1 Å². The van der Waals surface area contributed by atoms with Crippen molar-refractivity contribution < 1.29 is 4.79 Å². The fourth-order valence-corrected chi connectivity index (χ4v) is 3.84. The van der Waals surface area contributed by atoms with Gasteiger partial charge >= 0.3 is 0 Å². The Morgan fingerprint density at radius 3 is 2.42 bits per heavy atom. The minimum atomic E-state index is -0.515. The summed E-state index contributed by atoms with van der Waals surface area (Å²) < 4.78 is 0. The van der Waals surface area contributed by atoms with Gasteiger partial charge in [-0.3, -0.25) is 4.79 Å². The van der Waals surface area contributed by atoms with Crippen molar-refractivity contribution in [3.8, 4) is 0 Å². The highest BCUT2D eigenvalue weighted by Crippen LogP contribution is 2.37. The smallest absolute Gasteiger partial charge is 0.237 e. The number of nitrogens with two attached hydrogens (primary N) is 1. The molecule has 19 heavy (non-hydrogen) atoms. The SMILES string of the molecule is CC(CCN1CC2CCCC2C1)(NC1CC1)C(N)=O. The third-order valence-electron chi connectivity index (χ3n) is 5.37. The lowest BCUT2D eigenvalue weighted by Crippen LogP contribution is -2.55. The van der Waals surface area contributed by atoms with Gasteiger partial charge in [0.1, 0.15) is 0 Å². The monoisotopic (exact) mass is 265 g/mol. The second-order valence-corrected chi connectivity index (χ2v) is 7.08. The zero-order valence-corrected chi connectivity index (χ0v) is 12.0. The van der Waals surface area contributed by atoms with Crippen LogP contribution >= 0.6 is 0 Å². The number of amides is 1. The number of nitrogens with zero attached hydrogens (tertiary/aromatic N) is 1. The Balaban J connectivity index is 1.50. The van der Waals surface area contributed by atoms with Gasteiger partial charge in [-0.05, 0) is 50.9 Å². The molecule has 108 valence electrons. The molecular formula is C15H27N3O. The summed E-state index contributed by atoms with van der Waals surface area (Å²) in [4.78, 5) is 14.3. The Morgan fingerprint density at radius 2 is 1.89 bits per heavy atom. The normalized spacial score (nSPS) is 34.2. The summed E-state index contributed by atoms with van der Waals surface area (Å²) in [6.07, 6.45) is 7.47. The zero-order valence-electron chi connectivity index (χ0n) is 12.0. The molecule has 0 radical (unpaired) electrons. The van der Waals surface area contributed by atoms with E-state index in [9.17, 15) is 4.79 Å². The molecule has 1 amide bonds. The fourth-order valence-electron chi connectivity index (χ4n) is 3.84. The van der Waals surface area contributed by atoms with E-state index in [0.29, 0.717) is 6.04 Å². The molecule has 1 saturated heterocycles. The summed E-state index contributed by atoms with van der Waals surface area (Å²) in [5.74, 6) is 1.66. The lowest BCUT2D eigenvalue weighted by Gasteiger charge is -2.30. The average Bonchev–Trinajstić information content (AvgIpc) is 2.90. The van der Waals surface area contributed by atoms with E-state index in [1.807, 2.05) is 6.92 Å². The Labute approximate surface area is 116 Å². The van der Waals surface area contributed by atoms with Crippen molar-refractivity contribution in [3.05, 3.63) is 0 Å². The Bertz CT molecular complexity index is 343. The van der Waals surface area contributed by atoms with Crippen molar-refractivity contribution in [2.24, 2.45) is 17.6 Å². The standard InChI is InChI=1S/C15H27N3O/c1-15(14(16)19,17-13-5-6-13)7-8-18-9-11-3-2-4-12(11)10-18/h11-13,17H,2-10H2,1H3,(H2,16,19). The highest BCUT2D eigenvalue weighted by atomic mass is 16.1. The molecule has 0 spiro atoms. The first-order chi connectivity index (χ1) is 9.07. The third kappa shape index (κ3) is 2.95. The number of carbonyl (C=O) groups is 1. The number of hydrogen-bond acceptors (Lipinski definition) is 3. The number of hydrogen-bond donors (Lipinski definition) is 2. The Morgan fingerprint density at radius 1 is 1.26 bits per heavy atom. The van der Waals surface area contributed by atoms with E-state index in [2.05, 4.69) is 10.2 Å². The van der Waals surface area contributed by atoms with Gasteiger partial charge in [0.15, 0.2) is 0 Å². The van der Waals surface area contributed by atoms with Gasteiger partial charge in [-0.25, -0.2) is 0 Å². The molecule has 1 heterocycles. The molecule has 3 atom stereocenters. The molecule has 0 aromatic rings. The highest BCUT2D eigenvalue weighted by molar-refractivity contribution is 5.84. The fraction of sp³-hybridized carbons (Fsp3) is 0.933. The molecule has 3 rings (SSSR count). The van der Waals surface area contributed by atoms with E-state index in [-0.39, 0.29) is 5.91 Å². The van der Waals surface area contributed by atoms with E-state index in [1.165, 1.54) is 45.2 Å². The highest BCUT2D eigenvalue weighted by Gasteiger charge is 2.39. The maximum atomic E-state index is 11.7. The molecule has 0 aromatic heterocycles. The Kier molecular flexibility index (Phi) is 3.56. The second-order valence-electron chi connectivity index (χ2n) is 7.08. The van der Waals surface area contributed by atoms with Crippen LogP contribution in [0.4, 0.5) is 0 Å². The van der Waals surface area contributed by atoms with E-state index < -0.39 is 5.54 Å². The molecule has 3 unspecified atom stereocenters. The van der Waals surface area contributed by atoms with Crippen LogP contribution in [0.3, 0.4) is 0 Å². The summed E-state index contributed by atoms with van der Waals surface area (Å²) in [5, 5.41) is 3.44. The first-order valence-corrected chi connectivity index (χ1v) is 7.87. The van der Waals surface area contributed by atoms with Crippen LogP contribution in [-0.2, 0) is 4.79 Å². The molecule has 2 saturated carbocycles. The van der Waals surface area contributed by atoms with Crippen LogP contribution in [0, 0.1) is 11.8 Å². The molecule has 2 aliphatic carbocycles. The first kappa shape index (κ1) is 13.4. The van der Waals surface area contributed by atoms with Gasteiger partial charge < -0.3 is 16.0 Å². The molecule has 0 aromatic carbocycles. The molecule has 3 N–H and O–H groups in total. The number of carbonyl (C=O) groups excluding carboxylic acids is 1. The van der Waals surface area contributed by atoms with Gasteiger partial charge in [-0.1, -0.05) is 6.42 Å². The minimum Gasteiger partial charge on any atom is -0.368 e. The average molecular weight is 265 g/mol. The van der Waals surface area contributed by atoms with E-state index in [1.54, 1.807) is 0 Å². The van der Waals surface area contributed by atoms with Crippen molar-refractivity contribution in [3.63, 3.8) is 0 Å². The largest absolute Gasteiger partial charge is 0.368 e. The molecule has 4 nitrogen and oxygen atoms in total. The van der Waals surface area contributed by atoms with Gasteiger partial charge in [0.05, 0.1) is 5.54 Å². The molecule has 0 bridgehead atoms. The zero-order chi connectivity index (χ0) is 13.5. The van der Waals surface area contributed by atoms with Crippen LogP contribution in [0.5, 0.6) is 0 Å². The molecular weight excluding hydrogens is 238 g/mol. The van der Waals surface area contributed by atoms with Gasteiger partial charge in [0.25, 0.3) is 0 Å². The maximum Gasteiger partial charge on any atom is 0.237 e. The summed E-state index contributed by atoms with van der Waals surface area (Å²) in [5.41, 5.74) is 5.09. The van der Waals surface area contributed by atoms with Crippen molar-refractivity contribution in [1.29, 1.82) is 0 Å². The number of fused-ring (bicyclic) bond motifs is 1. The van der Waals surface area contributed by atoms with E-state index >= 15 is 0 Å². The Hall–Kier alpha value is -0.610. The van der Waals surface area contributed by atoms with Gasteiger partial charge in [0, 0.05) is 25.7 Å². The third-order valence-corrected chi connectivity index (χ3v) is 5.37. The number of likely N-dealkylation sites (tertiary alicyclic amines) is 1. The summed E-state index contributed by atoms with van der Waals surface area (Å²) in [6.45, 7) is 5.46. The van der Waals surface area contributed by atoms with Crippen LogP contribution in [0.2, 0.25) is 0 Å². The number of nitrogens with one attached hydrogen (secondary N) is 1. The second kappa shape index (κ2) is 5.06. The molecule has 1 aliphatic heterocycles. The van der Waals surface area contributed by atoms with Gasteiger partial charge in [-0.15, -0.1) is 0 Å². The number of rotatable bonds is 6. The molecule has 3 aliphatic rings. The summed E-state index contributed by atoms with van der Waals surface area (Å²) in [7, 11) is 0. The maximum absolute atomic E-state index is 11.7. The van der Waals surface area contributed by atoms with Gasteiger partial charge in [0.2, 0.25) is 5.91 Å². The molecule has 4 heteroatoms. The minimum absolute atomic E-state index is 0.196. The van der Waals surface area contributed by atoms with Crippen molar-refractivity contribution in [2.45, 2.75) is 57.0 Å². The summed E-state index contributed by atoms with van der Waals surface area (Å²) in [6, 6.07) is 0.524. The predicted molar refractivity (Wildman–Crippen MR) is 75.6 cm³/mol. The van der Waals surface area contributed by atoms with Crippen molar-refractivity contribution in [1.82, 2.24) is 10.2 Å². The quantitative estimate of drug-likeness (QED) is 0.756. The van der Waals surface area contributed by atoms with Crippen LogP contribution in [0.25, 0.3) is 0 Å².